The molecular formula is C23H20Cl2N6O3S. The number of methoxy groups -OCH3 is 1. The van der Waals surface area contributed by atoms with Gasteiger partial charge in [0.15, 0.2) is 11.0 Å². The van der Waals surface area contributed by atoms with E-state index in [-0.39, 0.29) is 6.61 Å². The maximum Gasteiger partial charge on any atom is 0.321 e. The lowest BCUT2D eigenvalue weighted by molar-refractivity contribution is 0.229. The lowest BCUT2D eigenvalue weighted by Crippen LogP contribution is -2.38. The van der Waals surface area contributed by atoms with Crippen LogP contribution < -0.4 is 15.4 Å². The number of amides is 2. The number of urea groups is 1. The van der Waals surface area contributed by atoms with Crippen molar-refractivity contribution >= 4 is 45.7 Å². The molecule has 0 saturated heterocycles. The quantitative estimate of drug-likeness (QED) is 0.302. The molecule has 0 aliphatic heterocycles. The van der Waals surface area contributed by atoms with Crippen molar-refractivity contribution in [3.05, 3.63) is 58.8 Å². The van der Waals surface area contributed by atoms with Crippen molar-refractivity contribution in [2.75, 3.05) is 19.0 Å². The number of hydrogen-bond donors (Lipinski definition) is 3. The first kappa shape index (κ1) is 24.8. The molecule has 12 heteroatoms. The highest BCUT2D eigenvalue weighted by Crippen LogP contribution is 2.39. The Balaban J connectivity index is 1.76. The number of aromatic nitrogens is 4. The molecule has 0 spiro atoms. The Morgan fingerprint density at radius 3 is 2.51 bits per heavy atom. The van der Waals surface area contributed by atoms with Crippen LogP contribution in [0.25, 0.3) is 33.3 Å². The molecule has 0 aliphatic rings. The molecule has 1 unspecified atom stereocenters. The van der Waals surface area contributed by atoms with Crippen LogP contribution >= 0.6 is 34.5 Å². The van der Waals surface area contributed by atoms with E-state index >= 15 is 0 Å². The number of thiazole rings is 1. The molecule has 4 rings (SSSR count). The monoisotopic (exact) mass is 530 g/mol. The average Bonchev–Trinajstić information content (AvgIpc) is 3.32. The average molecular weight is 531 g/mol. The van der Waals surface area contributed by atoms with Gasteiger partial charge < -0.3 is 15.2 Å². The van der Waals surface area contributed by atoms with Gasteiger partial charge >= 0.3 is 6.03 Å². The Labute approximate surface area is 215 Å². The van der Waals surface area contributed by atoms with Gasteiger partial charge in [0.2, 0.25) is 0 Å². The zero-order valence-corrected chi connectivity index (χ0v) is 20.9. The number of nitrogens with zero attached hydrogens (tertiary/aromatic N) is 4. The molecule has 3 N–H and O–H groups in total. The number of nitrogens with one attached hydrogen (secondary N) is 2. The second-order valence-electron chi connectivity index (χ2n) is 7.35. The largest absolute Gasteiger partial charge is 0.497 e. The number of rotatable bonds is 7. The highest BCUT2D eigenvalue weighted by Gasteiger charge is 2.18. The maximum atomic E-state index is 12.1. The first-order valence-corrected chi connectivity index (χ1v) is 11.9. The number of carbonyl (C=O) groups excluding carboxylic acids is 1. The van der Waals surface area contributed by atoms with Crippen molar-refractivity contribution in [3.63, 3.8) is 0 Å². The molecule has 0 radical (unpaired) electrons. The summed E-state index contributed by atoms with van der Waals surface area (Å²) < 4.78 is 5.25. The van der Waals surface area contributed by atoms with Crippen LogP contribution in [0.4, 0.5) is 9.93 Å². The minimum absolute atomic E-state index is 0.174. The molecule has 3 aromatic heterocycles. The highest BCUT2D eigenvalue weighted by molar-refractivity contribution is 7.19. The number of halogens is 2. The van der Waals surface area contributed by atoms with Gasteiger partial charge in [0.05, 0.1) is 46.1 Å². The van der Waals surface area contributed by atoms with E-state index in [0.29, 0.717) is 54.3 Å². The van der Waals surface area contributed by atoms with E-state index < -0.39 is 12.1 Å². The first-order valence-electron chi connectivity index (χ1n) is 10.4. The predicted octanol–water partition coefficient (Wildman–Crippen LogP) is 5.15. The Bertz CT molecular complexity index is 1330. The van der Waals surface area contributed by atoms with Crippen LogP contribution in [0.5, 0.6) is 5.75 Å². The van der Waals surface area contributed by atoms with Crippen LogP contribution in [0.3, 0.4) is 0 Å². The fraction of sp³-hybridized carbons (Fsp3) is 0.174. The fourth-order valence-electron chi connectivity index (χ4n) is 3.08. The molecule has 3 heterocycles. The number of anilines is 1. The summed E-state index contributed by atoms with van der Waals surface area (Å²) in [7, 11) is 1.53. The molecule has 0 saturated carbocycles. The molecular weight excluding hydrogens is 511 g/mol. The summed E-state index contributed by atoms with van der Waals surface area (Å²) in [4.78, 5) is 30.7. The zero-order valence-electron chi connectivity index (χ0n) is 18.6. The van der Waals surface area contributed by atoms with Crippen LogP contribution in [0.2, 0.25) is 10.0 Å². The molecule has 180 valence electrons. The van der Waals surface area contributed by atoms with Crippen LogP contribution in [0.15, 0.2) is 48.8 Å². The van der Waals surface area contributed by atoms with Crippen molar-refractivity contribution in [2.24, 2.45) is 0 Å². The SMILES string of the molecule is COc1cc(Cl)c(-c2cc(-c3cnc(NC(=O)NC(C)CO)s3)nc(-c3ccccn3)n2)c(Cl)c1. The summed E-state index contributed by atoms with van der Waals surface area (Å²) in [6.45, 7) is 1.51. The van der Waals surface area contributed by atoms with Crippen molar-refractivity contribution in [1.82, 2.24) is 25.3 Å². The number of pyridine rings is 1. The molecule has 4 aromatic rings. The van der Waals surface area contributed by atoms with Gasteiger partial charge in [0.1, 0.15) is 11.4 Å². The number of carbonyl (C=O) groups is 1. The van der Waals surface area contributed by atoms with Gasteiger partial charge in [0, 0.05) is 18.0 Å². The first-order chi connectivity index (χ1) is 16.9. The summed E-state index contributed by atoms with van der Waals surface area (Å²) >= 11 is 14.3. The van der Waals surface area contributed by atoms with Crippen molar-refractivity contribution in [3.8, 4) is 39.1 Å². The highest BCUT2D eigenvalue weighted by atomic mass is 35.5. The van der Waals surface area contributed by atoms with E-state index in [9.17, 15) is 4.79 Å². The predicted molar refractivity (Wildman–Crippen MR) is 137 cm³/mol. The lowest BCUT2D eigenvalue weighted by atomic mass is 10.1. The van der Waals surface area contributed by atoms with Crippen LogP contribution in [-0.2, 0) is 0 Å². The summed E-state index contributed by atoms with van der Waals surface area (Å²) in [6.07, 6.45) is 3.25. The van der Waals surface area contributed by atoms with Gasteiger partial charge in [0.25, 0.3) is 0 Å². The number of ether oxygens (including phenoxy) is 1. The van der Waals surface area contributed by atoms with Gasteiger partial charge in [-0.15, -0.1) is 0 Å². The number of hydrogen-bond acceptors (Lipinski definition) is 8. The van der Waals surface area contributed by atoms with Gasteiger partial charge in [-0.3, -0.25) is 10.3 Å². The molecule has 35 heavy (non-hydrogen) atoms. The maximum absolute atomic E-state index is 12.1. The fourth-order valence-corrected chi connectivity index (χ4v) is 4.51. The summed E-state index contributed by atoms with van der Waals surface area (Å²) in [5, 5.41) is 15.5. The van der Waals surface area contributed by atoms with E-state index in [1.54, 1.807) is 49.6 Å². The molecule has 0 aliphatic carbocycles. The van der Waals surface area contributed by atoms with Crippen molar-refractivity contribution in [1.29, 1.82) is 0 Å². The molecule has 0 bridgehead atoms. The molecule has 9 nitrogen and oxygen atoms in total. The van der Waals surface area contributed by atoms with E-state index in [0.717, 1.165) is 0 Å². The molecule has 2 amide bonds. The number of aliphatic hydroxyl groups is 1. The van der Waals surface area contributed by atoms with Crippen molar-refractivity contribution < 1.29 is 14.6 Å². The molecule has 0 fully saturated rings. The second-order valence-corrected chi connectivity index (χ2v) is 9.20. The van der Waals surface area contributed by atoms with Crippen LogP contribution in [-0.4, -0.2) is 50.8 Å². The van der Waals surface area contributed by atoms with Gasteiger partial charge in [-0.25, -0.2) is 19.7 Å². The van der Waals surface area contributed by atoms with Crippen molar-refractivity contribution in [2.45, 2.75) is 13.0 Å². The number of aliphatic hydroxyl groups excluding tert-OH is 1. The minimum atomic E-state index is -0.471. The normalized spacial score (nSPS) is 11.7. The summed E-state index contributed by atoms with van der Waals surface area (Å²) in [5.41, 5.74) is 2.13. The van der Waals surface area contributed by atoms with Gasteiger partial charge in [-0.1, -0.05) is 40.6 Å². The van der Waals surface area contributed by atoms with E-state index in [1.165, 1.54) is 18.4 Å². The Hall–Kier alpha value is -3.31. The third kappa shape index (κ3) is 5.85. The van der Waals surface area contributed by atoms with E-state index in [4.69, 9.17) is 33.0 Å². The molecule has 1 atom stereocenters. The standard InChI is InChI=1S/C23H20Cl2N6O3S/c1-12(11-32)28-22(33)31-23-27-10-19(35-23)17-9-18(20-14(24)7-13(34-2)8-15(20)25)30-21(29-17)16-5-3-4-6-26-16/h3-10,12,32H,11H2,1-2H3,(H2,27,28,31,33). The minimum Gasteiger partial charge on any atom is -0.497 e. The van der Waals surface area contributed by atoms with Crippen LogP contribution in [0, 0.1) is 0 Å². The zero-order chi connectivity index (χ0) is 24.9. The molecule has 1 aromatic carbocycles. The number of benzene rings is 1. The summed E-state index contributed by atoms with van der Waals surface area (Å²) in [5.74, 6) is 0.897. The third-order valence-electron chi connectivity index (χ3n) is 4.76. The Kier molecular flexibility index (Phi) is 7.76. The van der Waals surface area contributed by atoms with Gasteiger partial charge in [-0.2, -0.15) is 0 Å². The smallest absolute Gasteiger partial charge is 0.321 e. The van der Waals surface area contributed by atoms with Gasteiger partial charge in [-0.05, 0) is 37.3 Å². The van der Waals surface area contributed by atoms with E-state index in [1.807, 2.05) is 6.07 Å². The lowest BCUT2D eigenvalue weighted by Gasteiger charge is -2.12. The van der Waals surface area contributed by atoms with E-state index in [2.05, 4.69) is 30.6 Å². The topological polar surface area (TPSA) is 122 Å². The Morgan fingerprint density at radius 2 is 1.86 bits per heavy atom. The second kappa shape index (κ2) is 11.0. The summed E-state index contributed by atoms with van der Waals surface area (Å²) in [6, 6.07) is 9.64. The Morgan fingerprint density at radius 1 is 1.11 bits per heavy atom. The van der Waals surface area contributed by atoms with Crippen LogP contribution in [0.1, 0.15) is 6.92 Å². The third-order valence-corrected chi connectivity index (χ3v) is 6.29.